The van der Waals surface area contributed by atoms with Crippen LogP contribution >= 0.6 is 27.2 Å². The summed E-state index contributed by atoms with van der Waals surface area (Å²) in [6.45, 7) is 10.7. The van der Waals surface area contributed by atoms with Crippen LogP contribution in [0.5, 0.6) is 5.75 Å². The molecule has 6 heteroatoms. The summed E-state index contributed by atoms with van der Waals surface area (Å²) in [6, 6.07) is 20.9. The van der Waals surface area contributed by atoms with E-state index < -0.39 is 17.0 Å². The normalized spacial score (nSPS) is 11.9. The van der Waals surface area contributed by atoms with Crippen LogP contribution in [0, 0.1) is 13.8 Å². The van der Waals surface area contributed by atoms with Crippen LogP contribution in [0.3, 0.4) is 0 Å². The molecule has 0 aromatic heterocycles. The fourth-order valence-electron chi connectivity index (χ4n) is 3.61. The van der Waals surface area contributed by atoms with Gasteiger partial charge in [0.25, 0.3) is 0 Å². The van der Waals surface area contributed by atoms with E-state index in [1.54, 1.807) is 0 Å². The molecule has 1 atom stereocenters. The number of halogens is 2. The molecule has 3 aromatic rings. The Morgan fingerprint density at radius 3 is 2.16 bits per heavy atom. The second kappa shape index (κ2) is 12.4. The number of phenols is 1. The van der Waals surface area contributed by atoms with Crippen LogP contribution in [0.4, 0.5) is 0 Å². The Balaban J connectivity index is 0.00000114. The van der Waals surface area contributed by atoms with E-state index in [-0.39, 0.29) is 5.41 Å². The number of hydrogen-bond donors (Lipinski definition) is 1. The van der Waals surface area contributed by atoms with E-state index in [0.29, 0.717) is 14.3 Å². The summed E-state index contributed by atoms with van der Waals surface area (Å²) in [5.41, 5.74) is 6.52. The summed E-state index contributed by atoms with van der Waals surface area (Å²) >= 11 is -0.556. The molecule has 0 spiro atoms. The summed E-state index contributed by atoms with van der Waals surface area (Å²) in [7, 11) is 12.0. The van der Waals surface area contributed by atoms with Crippen LogP contribution in [-0.4, -0.2) is 17.9 Å². The van der Waals surface area contributed by atoms with E-state index in [0.717, 1.165) is 27.7 Å². The standard InChI is InChI=1S/C26H30NOP.2ClH.Ti/c1-17-15-21(26(3,4)5)24(28)22(16-17)29-25-18(2)11-10-14-20(25)23(27-6)19-12-8-7-9-13-19;;;/h7-16,28-29H,1-6H3;2*1H;/q;;;+2/p-2. The zero-order chi connectivity index (χ0) is 23.9. The van der Waals surface area contributed by atoms with Crippen molar-refractivity contribution in [3.63, 3.8) is 0 Å². The van der Waals surface area contributed by atoms with Crippen molar-refractivity contribution in [3.8, 4) is 5.75 Å². The maximum atomic E-state index is 11.1. The molecule has 0 aliphatic carbocycles. The Kier molecular flexibility index (Phi) is 10.5. The van der Waals surface area contributed by atoms with E-state index in [4.69, 9.17) is 18.6 Å². The van der Waals surface area contributed by atoms with Gasteiger partial charge in [-0.3, -0.25) is 4.99 Å². The minimum absolute atomic E-state index is 0.107. The summed E-state index contributed by atoms with van der Waals surface area (Å²) in [5.74, 6) is 0.422. The number of aryl methyl sites for hydroxylation is 2. The van der Waals surface area contributed by atoms with Crippen LogP contribution in [0.2, 0.25) is 0 Å². The molecule has 2 nitrogen and oxygen atoms in total. The number of hydrogen-bond acceptors (Lipinski definition) is 2. The van der Waals surface area contributed by atoms with Crippen molar-refractivity contribution in [2.45, 2.75) is 40.0 Å². The fourth-order valence-corrected chi connectivity index (χ4v) is 5.05. The van der Waals surface area contributed by atoms with E-state index in [1.807, 2.05) is 25.2 Å². The first-order chi connectivity index (χ1) is 15.1. The zero-order valence-corrected chi connectivity index (χ0v) is 23.5. The molecule has 0 saturated carbocycles. The molecule has 0 bridgehead atoms. The first-order valence-corrected chi connectivity index (χ1v) is 15.6. The number of phenolic OH excluding ortho intramolecular Hbond substituents is 1. The first kappa shape index (κ1) is 27.1. The molecule has 0 fully saturated rings. The van der Waals surface area contributed by atoms with Crippen molar-refractivity contribution < 1.29 is 22.1 Å². The molecule has 32 heavy (non-hydrogen) atoms. The molecule has 3 aromatic carbocycles. The fraction of sp³-hybridized carbons (Fsp3) is 0.269. The van der Waals surface area contributed by atoms with Crippen molar-refractivity contribution in [1.82, 2.24) is 0 Å². The van der Waals surface area contributed by atoms with Crippen LogP contribution in [0.15, 0.2) is 65.7 Å². The molecule has 0 saturated heterocycles. The third kappa shape index (κ3) is 6.93. The van der Waals surface area contributed by atoms with Gasteiger partial charge >= 0.3 is 35.6 Å². The van der Waals surface area contributed by atoms with E-state index in [1.165, 1.54) is 16.4 Å². The van der Waals surface area contributed by atoms with Gasteiger partial charge in [-0.25, -0.2) is 0 Å². The molecule has 1 N–H and O–H groups in total. The summed E-state index contributed by atoms with van der Waals surface area (Å²) < 4.78 is 0. The maximum absolute atomic E-state index is 11.1. The van der Waals surface area contributed by atoms with Gasteiger partial charge in [0.1, 0.15) is 5.75 Å². The monoisotopic (exact) mass is 521 g/mol. The van der Waals surface area contributed by atoms with Gasteiger partial charge in [0.15, 0.2) is 0 Å². The van der Waals surface area contributed by atoms with E-state index in [9.17, 15) is 5.11 Å². The second-order valence-corrected chi connectivity index (χ2v) is 12.5. The van der Waals surface area contributed by atoms with Gasteiger partial charge in [0.05, 0.1) is 5.71 Å². The molecule has 1 unspecified atom stereocenters. The Labute approximate surface area is 210 Å². The Morgan fingerprint density at radius 1 is 0.969 bits per heavy atom. The number of aromatic hydroxyl groups is 1. The summed E-state index contributed by atoms with van der Waals surface area (Å²) in [4.78, 5) is 4.63. The van der Waals surface area contributed by atoms with Crippen LogP contribution < -0.4 is 10.6 Å². The molecule has 0 amide bonds. The Bertz CT molecular complexity index is 1080. The van der Waals surface area contributed by atoms with Gasteiger partial charge in [-0.1, -0.05) is 83.9 Å². The van der Waals surface area contributed by atoms with Gasteiger partial charge < -0.3 is 5.11 Å². The average molecular weight is 522 g/mol. The van der Waals surface area contributed by atoms with Crippen molar-refractivity contribution in [2.75, 3.05) is 7.05 Å². The Hall–Kier alpha value is -1.15. The predicted octanol–water partition coefficient (Wildman–Crippen LogP) is 6.78. The molecule has 0 aliphatic heterocycles. The topological polar surface area (TPSA) is 32.6 Å². The van der Waals surface area contributed by atoms with Gasteiger partial charge in [-0.05, 0) is 41.8 Å². The summed E-state index contributed by atoms with van der Waals surface area (Å²) in [5, 5.41) is 13.3. The van der Waals surface area contributed by atoms with Gasteiger partial charge in [0.2, 0.25) is 0 Å². The van der Waals surface area contributed by atoms with Gasteiger partial charge in [-0.2, -0.15) is 0 Å². The number of nitrogens with zero attached hydrogens (tertiary/aromatic N) is 1. The summed E-state index contributed by atoms with van der Waals surface area (Å²) in [6.07, 6.45) is 0. The van der Waals surface area contributed by atoms with Crippen LogP contribution in [0.25, 0.3) is 0 Å². The third-order valence-corrected chi connectivity index (χ3v) is 6.68. The van der Waals surface area contributed by atoms with Crippen molar-refractivity contribution in [1.29, 1.82) is 0 Å². The molecule has 168 valence electrons. The van der Waals surface area contributed by atoms with Gasteiger partial charge in [0, 0.05) is 29.0 Å². The minimum atomic E-state index is -0.556. The molecular weight excluding hydrogens is 492 g/mol. The third-order valence-electron chi connectivity index (χ3n) is 5.12. The van der Waals surface area contributed by atoms with Crippen LogP contribution in [0.1, 0.15) is 48.6 Å². The number of rotatable bonds is 4. The first-order valence-electron chi connectivity index (χ1n) is 10.3. The zero-order valence-electron chi connectivity index (χ0n) is 19.4. The quantitative estimate of drug-likeness (QED) is 0.229. The van der Waals surface area contributed by atoms with Crippen molar-refractivity contribution >= 4 is 43.5 Å². The van der Waals surface area contributed by atoms with Crippen molar-refractivity contribution in [2.24, 2.45) is 4.99 Å². The number of benzene rings is 3. The van der Waals surface area contributed by atoms with E-state index >= 15 is 0 Å². The molecule has 0 heterocycles. The molecule has 0 radical (unpaired) electrons. The molecule has 0 aliphatic rings. The van der Waals surface area contributed by atoms with Crippen molar-refractivity contribution in [3.05, 3.63) is 88.5 Å². The predicted molar refractivity (Wildman–Crippen MR) is 140 cm³/mol. The average Bonchev–Trinajstić information content (AvgIpc) is 2.73. The molecule has 3 rings (SSSR count). The van der Waals surface area contributed by atoms with Gasteiger partial charge in [-0.15, -0.1) is 0 Å². The van der Waals surface area contributed by atoms with E-state index in [2.05, 4.69) is 82.1 Å². The SMILES string of the molecule is CN=C(c1ccccc1)c1cccc(C)c1Pc1cc(C)cc(C(C)(C)C)c1O.[Cl][Ti][Cl]. The number of aliphatic imine (C=N–C) groups is 1. The second-order valence-electron chi connectivity index (χ2n) is 8.59. The Morgan fingerprint density at radius 2 is 1.59 bits per heavy atom. The van der Waals surface area contributed by atoms with Crippen LogP contribution in [-0.2, 0) is 22.4 Å². The molecular formula is C26H30Cl2NOPTi.